The molecule has 2 rings (SSSR count). The highest BCUT2D eigenvalue weighted by atomic mass is 79.9. The number of ketones is 1. The fourth-order valence-electron chi connectivity index (χ4n) is 1.64. The van der Waals surface area contributed by atoms with Gasteiger partial charge in [0.25, 0.3) is 0 Å². The van der Waals surface area contributed by atoms with Gasteiger partial charge in [-0.1, -0.05) is 28.1 Å². The molecule has 108 valence electrons. The Bertz CT molecular complexity index is 705. The molecule has 0 radical (unpaired) electrons. The van der Waals surface area contributed by atoms with Gasteiger partial charge in [-0.3, -0.25) is 14.9 Å². The van der Waals surface area contributed by atoms with E-state index < -0.39 is 23.1 Å². The lowest BCUT2D eigenvalue weighted by Gasteiger charge is -2.06. The summed E-state index contributed by atoms with van der Waals surface area (Å²) < 4.78 is 18.7. The third-order valence-electron chi connectivity index (χ3n) is 2.62. The number of nitro groups is 1. The molecular weight excluding hydrogens is 345 g/mol. The summed E-state index contributed by atoms with van der Waals surface area (Å²) in [5.41, 5.74) is -0.105. The van der Waals surface area contributed by atoms with Crippen LogP contribution in [0.1, 0.15) is 10.4 Å². The van der Waals surface area contributed by atoms with E-state index in [1.54, 1.807) is 6.07 Å². The second-order valence-electron chi connectivity index (χ2n) is 4.09. The lowest BCUT2D eigenvalue weighted by Crippen LogP contribution is -2.12. The van der Waals surface area contributed by atoms with Crippen molar-refractivity contribution in [2.24, 2.45) is 0 Å². The predicted octanol–water partition coefficient (Wildman–Crippen LogP) is 3.76. The zero-order valence-corrected chi connectivity index (χ0v) is 12.2. The summed E-state index contributed by atoms with van der Waals surface area (Å²) in [6.07, 6.45) is 0. The van der Waals surface area contributed by atoms with Crippen molar-refractivity contribution >= 4 is 27.4 Å². The van der Waals surface area contributed by atoms with Crippen molar-refractivity contribution < 1.29 is 18.8 Å². The van der Waals surface area contributed by atoms with Crippen LogP contribution in [0.25, 0.3) is 0 Å². The molecule has 0 aliphatic heterocycles. The number of benzene rings is 2. The number of nitrogens with zero attached hydrogens (tertiary/aromatic N) is 1. The second kappa shape index (κ2) is 6.45. The number of hydrogen-bond donors (Lipinski definition) is 0. The van der Waals surface area contributed by atoms with Crippen molar-refractivity contribution in [3.63, 3.8) is 0 Å². The lowest BCUT2D eigenvalue weighted by atomic mass is 10.1. The normalized spacial score (nSPS) is 10.2. The molecule has 0 saturated carbocycles. The molecule has 0 spiro atoms. The van der Waals surface area contributed by atoms with Crippen LogP contribution in [0.5, 0.6) is 5.75 Å². The van der Waals surface area contributed by atoms with Crippen LogP contribution in [-0.2, 0) is 0 Å². The highest BCUT2D eigenvalue weighted by Gasteiger charge is 2.17. The average molecular weight is 354 g/mol. The van der Waals surface area contributed by atoms with E-state index in [9.17, 15) is 19.3 Å². The minimum absolute atomic E-state index is 0.0204. The summed E-state index contributed by atoms with van der Waals surface area (Å²) in [5.74, 6) is -1.02. The predicted molar refractivity (Wildman–Crippen MR) is 77.0 cm³/mol. The molecule has 0 saturated heterocycles. The number of hydrogen-bond acceptors (Lipinski definition) is 4. The first kappa shape index (κ1) is 15.1. The van der Waals surface area contributed by atoms with Crippen LogP contribution < -0.4 is 4.74 Å². The van der Waals surface area contributed by atoms with Crippen molar-refractivity contribution in [1.82, 2.24) is 0 Å². The van der Waals surface area contributed by atoms with Crippen LogP contribution in [-0.4, -0.2) is 17.3 Å². The average Bonchev–Trinajstić information content (AvgIpc) is 2.45. The van der Waals surface area contributed by atoms with Gasteiger partial charge in [0.1, 0.15) is 5.82 Å². The third-order valence-corrected chi connectivity index (χ3v) is 3.12. The molecule has 0 amide bonds. The fraction of sp³-hybridized carbons (Fsp3) is 0.0714. The summed E-state index contributed by atoms with van der Waals surface area (Å²) in [5, 5.41) is 10.9. The van der Waals surface area contributed by atoms with Gasteiger partial charge in [0.15, 0.2) is 18.1 Å². The van der Waals surface area contributed by atoms with Crippen molar-refractivity contribution in [3.05, 3.63) is 68.4 Å². The Hall–Kier alpha value is -2.28. The van der Waals surface area contributed by atoms with E-state index >= 15 is 0 Å². The quantitative estimate of drug-likeness (QED) is 0.466. The van der Waals surface area contributed by atoms with Gasteiger partial charge in [-0.2, -0.15) is 0 Å². The maximum Gasteiger partial charge on any atom is 0.312 e. The van der Waals surface area contributed by atoms with Gasteiger partial charge in [0.2, 0.25) is 0 Å². The first-order valence-electron chi connectivity index (χ1n) is 5.83. The molecule has 0 atom stereocenters. The maximum atomic E-state index is 13.0. The monoisotopic (exact) mass is 353 g/mol. The zero-order valence-electron chi connectivity index (χ0n) is 10.6. The highest BCUT2D eigenvalue weighted by molar-refractivity contribution is 9.10. The Morgan fingerprint density at radius 2 is 2.05 bits per heavy atom. The van der Waals surface area contributed by atoms with E-state index in [1.807, 2.05) is 0 Å². The van der Waals surface area contributed by atoms with Crippen LogP contribution >= 0.6 is 15.9 Å². The molecule has 21 heavy (non-hydrogen) atoms. The molecule has 0 unspecified atom stereocenters. The van der Waals surface area contributed by atoms with Gasteiger partial charge >= 0.3 is 5.69 Å². The molecule has 2 aromatic carbocycles. The molecule has 0 aromatic heterocycles. The van der Waals surface area contributed by atoms with Gasteiger partial charge < -0.3 is 4.74 Å². The zero-order chi connectivity index (χ0) is 15.4. The number of ether oxygens (including phenoxy) is 1. The van der Waals surface area contributed by atoms with E-state index in [4.69, 9.17) is 4.74 Å². The Morgan fingerprint density at radius 1 is 1.29 bits per heavy atom. The van der Waals surface area contributed by atoms with Crippen molar-refractivity contribution in [1.29, 1.82) is 0 Å². The Balaban J connectivity index is 2.13. The van der Waals surface area contributed by atoms with Crippen molar-refractivity contribution in [3.8, 4) is 5.75 Å². The first-order valence-corrected chi connectivity index (χ1v) is 6.62. The molecule has 0 aliphatic rings. The van der Waals surface area contributed by atoms with E-state index in [-0.39, 0.29) is 17.0 Å². The van der Waals surface area contributed by atoms with E-state index in [1.165, 1.54) is 30.3 Å². The third kappa shape index (κ3) is 3.85. The Morgan fingerprint density at radius 3 is 2.71 bits per heavy atom. The molecular formula is C14H9BrFNO4. The van der Waals surface area contributed by atoms with Gasteiger partial charge in [-0.15, -0.1) is 0 Å². The van der Waals surface area contributed by atoms with Crippen molar-refractivity contribution in [2.45, 2.75) is 0 Å². The topological polar surface area (TPSA) is 69.4 Å². The van der Waals surface area contributed by atoms with E-state index in [0.717, 1.165) is 6.07 Å². The smallest absolute Gasteiger partial charge is 0.312 e. The second-order valence-corrected chi connectivity index (χ2v) is 5.01. The van der Waals surface area contributed by atoms with Crippen LogP contribution in [0, 0.1) is 15.9 Å². The van der Waals surface area contributed by atoms with Crippen molar-refractivity contribution in [2.75, 3.05) is 6.61 Å². The number of rotatable bonds is 5. The molecule has 5 nitrogen and oxygen atoms in total. The van der Waals surface area contributed by atoms with Gasteiger partial charge in [0, 0.05) is 16.1 Å². The summed E-state index contributed by atoms with van der Waals surface area (Å²) >= 11 is 3.12. The Labute approximate surface area is 127 Å². The number of Topliss-reactive ketones (excluding diaryl/α,β-unsaturated/α-hetero) is 1. The van der Waals surface area contributed by atoms with E-state index in [2.05, 4.69) is 15.9 Å². The minimum atomic E-state index is -0.604. The number of nitro benzene ring substituents is 1. The SMILES string of the molecule is O=C(COc1ccc(Br)cc1[N+](=O)[O-])c1cccc(F)c1. The molecule has 0 N–H and O–H groups in total. The summed E-state index contributed by atoms with van der Waals surface area (Å²) in [4.78, 5) is 22.1. The lowest BCUT2D eigenvalue weighted by molar-refractivity contribution is -0.385. The summed E-state index contributed by atoms with van der Waals surface area (Å²) in [6.45, 7) is -0.411. The van der Waals surface area contributed by atoms with Gasteiger partial charge in [-0.05, 0) is 24.3 Å². The van der Waals surface area contributed by atoms with Crippen LogP contribution in [0.3, 0.4) is 0 Å². The van der Waals surface area contributed by atoms with E-state index in [0.29, 0.717) is 4.47 Å². The molecule has 0 aliphatic carbocycles. The highest BCUT2D eigenvalue weighted by Crippen LogP contribution is 2.30. The standard InChI is InChI=1S/C14H9BrFNO4/c15-10-4-5-14(12(7-10)17(19)20)21-8-13(18)9-2-1-3-11(16)6-9/h1-7H,8H2. The maximum absolute atomic E-state index is 13.0. The molecule has 0 fully saturated rings. The van der Waals surface area contributed by atoms with Gasteiger partial charge in [-0.25, -0.2) is 4.39 Å². The molecule has 0 bridgehead atoms. The molecule has 7 heteroatoms. The minimum Gasteiger partial charge on any atom is -0.478 e. The number of carbonyl (C=O) groups excluding carboxylic acids is 1. The van der Waals surface area contributed by atoms with Crippen LogP contribution in [0.2, 0.25) is 0 Å². The Kier molecular flexibility index (Phi) is 4.64. The van der Waals surface area contributed by atoms with Crippen LogP contribution in [0.15, 0.2) is 46.9 Å². The largest absolute Gasteiger partial charge is 0.478 e. The first-order chi connectivity index (χ1) is 9.97. The summed E-state index contributed by atoms with van der Waals surface area (Å²) in [7, 11) is 0. The fourth-order valence-corrected chi connectivity index (χ4v) is 1.99. The van der Waals surface area contributed by atoms with Gasteiger partial charge in [0.05, 0.1) is 4.92 Å². The van der Waals surface area contributed by atoms with Crippen LogP contribution in [0.4, 0.5) is 10.1 Å². The number of halogens is 2. The summed E-state index contributed by atoms with van der Waals surface area (Å²) in [6, 6.07) is 9.40. The molecule has 2 aromatic rings. The number of carbonyl (C=O) groups is 1. The molecule has 0 heterocycles.